The van der Waals surface area contributed by atoms with Gasteiger partial charge in [0.05, 0.1) is 11.4 Å². The van der Waals surface area contributed by atoms with Crippen molar-refractivity contribution in [2.24, 2.45) is 5.92 Å². The van der Waals surface area contributed by atoms with Gasteiger partial charge in [-0.25, -0.2) is 4.39 Å². The van der Waals surface area contributed by atoms with E-state index in [-0.39, 0.29) is 18.0 Å². The Morgan fingerprint density at radius 2 is 1.55 bits per heavy atom. The molecule has 1 fully saturated rings. The van der Waals surface area contributed by atoms with E-state index < -0.39 is 5.82 Å². The fourth-order valence-corrected chi connectivity index (χ4v) is 5.26. The zero-order valence-corrected chi connectivity index (χ0v) is 23.2. The Bertz CT molecular complexity index is 1470. The number of aromatic nitrogens is 1. The van der Waals surface area contributed by atoms with Crippen molar-refractivity contribution in [3.05, 3.63) is 113 Å². The first kappa shape index (κ1) is 27.4. The molecular weight excluding hydrogens is 501 g/mol. The lowest BCUT2D eigenvalue weighted by Gasteiger charge is -2.32. The van der Waals surface area contributed by atoms with Crippen molar-refractivity contribution in [1.82, 2.24) is 4.57 Å². The summed E-state index contributed by atoms with van der Waals surface area (Å²) in [6.07, 6.45) is 4.73. The highest BCUT2D eigenvalue weighted by atomic mass is 19.1. The monoisotopic (exact) mass is 537 g/mol. The van der Waals surface area contributed by atoms with Gasteiger partial charge in [-0.3, -0.25) is 9.59 Å². The third kappa shape index (κ3) is 6.50. The Morgan fingerprint density at radius 3 is 2.23 bits per heavy atom. The molecule has 5 nitrogen and oxygen atoms in total. The van der Waals surface area contributed by atoms with Gasteiger partial charge in [-0.2, -0.15) is 0 Å². The van der Waals surface area contributed by atoms with E-state index in [4.69, 9.17) is 0 Å². The van der Waals surface area contributed by atoms with Crippen LogP contribution in [-0.4, -0.2) is 29.2 Å². The minimum atomic E-state index is -0.419. The van der Waals surface area contributed by atoms with E-state index in [1.165, 1.54) is 24.6 Å². The van der Waals surface area contributed by atoms with Crippen LogP contribution in [-0.2, 0) is 19.4 Å². The first-order valence-corrected chi connectivity index (χ1v) is 14.1. The zero-order chi connectivity index (χ0) is 28.1. The lowest BCUT2D eigenvalue weighted by Crippen LogP contribution is -2.32. The molecule has 0 aliphatic carbocycles. The summed E-state index contributed by atoms with van der Waals surface area (Å²) in [6.45, 7) is 7.13. The number of hydrogen-bond donors (Lipinski definition) is 1. The number of Topliss-reactive ketones (excluding diaryl/α,β-unsaturated/α-hetero) is 2. The first-order chi connectivity index (χ1) is 19.4. The van der Waals surface area contributed by atoms with Crippen LogP contribution >= 0.6 is 0 Å². The van der Waals surface area contributed by atoms with Crippen LogP contribution in [0.15, 0.2) is 85.1 Å². The maximum Gasteiger partial charge on any atom is 0.183 e. The van der Waals surface area contributed by atoms with E-state index in [0.717, 1.165) is 30.3 Å². The lowest BCUT2D eigenvalue weighted by atomic mass is 9.98. The van der Waals surface area contributed by atoms with Gasteiger partial charge in [0.1, 0.15) is 5.82 Å². The second-order valence-corrected chi connectivity index (χ2v) is 10.7. The highest BCUT2D eigenvalue weighted by molar-refractivity contribution is 5.98. The molecule has 206 valence electrons. The third-order valence-corrected chi connectivity index (χ3v) is 7.79. The van der Waals surface area contributed by atoms with Gasteiger partial charge in [-0.15, -0.1) is 0 Å². The molecule has 3 aromatic carbocycles. The summed E-state index contributed by atoms with van der Waals surface area (Å²) in [5, 5.41) is 3.10. The summed E-state index contributed by atoms with van der Waals surface area (Å²) < 4.78 is 16.7. The van der Waals surface area contributed by atoms with E-state index in [1.807, 2.05) is 60.2 Å². The molecule has 0 unspecified atom stereocenters. The van der Waals surface area contributed by atoms with Crippen LogP contribution in [0.5, 0.6) is 0 Å². The number of rotatable bonds is 10. The predicted molar refractivity (Wildman–Crippen MR) is 159 cm³/mol. The van der Waals surface area contributed by atoms with Gasteiger partial charge < -0.3 is 14.8 Å². The van der Waals surface area contributed by atoms with E-state index in [1.54, 1.807) is 18.2 Å². The second kappa shape index (κ2) is 12.3. The molecule has 40 heavy (non-hydrogen) atoms. The molecule has 0 saturated carbocycles. The summed E-state index contributed by atoms with van der Waals surface area (Å²) in [4.78, 5) is 27.9. The third-order valence-electron chi connectivity index (χ3n) is 7.79. The molecule has 0 atom stereocenters. The molecule has 0 spiro atoms. The standard InChI is InChI=1S/C34H36FN3O2/c1-3-37-18-4-5-32(37)34(40)23-26-8-15-31(30(35)21-26)36-28-11-6-25(7-12-28)22-33(39)27-9-13-29(14-10-27)38-19-16-24(2)17-20-38/h4-15,18,21,24,36H,3,16-17,19-20,22-23H2,1-2H3. The van der Waals surface area contributed by atoms with Crippen molar-refractivity contribution in [1.29, 1.82) is 0 Å². The number of carbonyl (C=O) groups is 2. The molecule has 1 saturated heterocycles. The lowest BCUT2D eigenvalue weighted by molar-refractivity contribution is 0.0979. The van der Waals surface area contributed by atoms with Crippen LogP contribution in [0.2, 0.25) is 0 Å². The molecule has 6 heteroatoms. The fourth-order valence-electron chi connectivity index (χ4n) is 5.26. The van der Waals surface area contributed by atoms with Gasteiger partial charge in [0.15, 0.2) is 11.6 Å². The Hall–Kier alpha value is -4.19. The summed E-state index contributed by atoms with van der Waals surface area (Å²) >= 11 is 0. The molecule has 4 aromatic rings. The SMILES string of the molecule is CCn1cccc1C(=O)Cc1ccc(Nc2ccc(CC(=O)c3ccc(N4CCC(C)CC4)cc3)cc2)c(F)c1. The number of aryl methyl sites for hydroxylation is 1. The zero-order valence-electron chi connectivity index (χ0n) is 23.2. The van der Waals surface area contributed by atoms with Gasteiger partial charge in [-0.05, 0) is 97.5 Å². The van der Waals surface area contributed by atoms with Crippen molar-refractivity contribution < 1.29 is 14.0 Å². The maximum absolute atomic E-state index is 14.9. The van der Waals surface area contributed by atoms with Crippen LogP contribution in [0, 0.1) is 11.7 Å². The van der Waals surface area contributed by atoms with Gasteiger partial charge in [0, 0.05) is 55.6 Å². The Morgan fingerprint density at radius 1 is 0.875 bits per heavy atom. The van der Waals surface area contributed by atoms with Crippen LogP contribution in [0.3, 0.4) is 0 Å². The molecule has 0 amide bonds. The number of nitrogens with zero attached hydrogens (tertiary/aromatic N) is 2. The Kier molecular flexibility index (Phi) is 8.44. The largest absolute Gasteiger partial charge is 0.372 e. The molecule has 2 heterocycles. The van der Waals surface area contributed by atoms with Crippen molar-refractivity contribution in [2.75, 3.05) is 23.3 Å². The molecule has 1 aliphatic heterocycles. The number of halogens is 1. The topological polar surface area (TPSA) is 54.3 Å². The molecule has 1 aliphatic rings. The van der Waals surface area contributed by atoms with E-state index >= 15 is 0 Å². The highest BCUT2D eigenvalue weighted by Gasteiger charge is 2.17. The molecule has 1 aromatic heterocycles. The number of nitrogens with one attached hydrogen (secondary N) is 1. The van der Waals surface area contributed by atoms with E-state index in [0.29, 0.717) is 35.5 Å². The van der Waals surface area contributed by atoms with Gasteiger partial charge in [-0.1, -0.05) is 25.1 Å². The summed E-state index contributed by atoms with van der Waals surface area (Å²) in [5.41, 5.74) is 5.10. The van der Waals surface area contributed by atoms with Crippen molar-refractivity contribution >= 4 is 28.6 Å². The summed E-state index contributed by atoms with van der Waals surface area (Å²) in [5.74, 6) is 0.398. The quantitative estimate of drug-likeness (QED) is 0.213. The van der Waals surface area contributed by atoms with Crippen LogP contribution < -0.4 is 10.2 Å². The van der Waals surface area contributed by atoms with Crippen LogP contribution in [0.4, 0.5) is 21.5 Å². The van der Waals surface area contributed by atoms with Crippen LogP contribution in [0.25, 0.3) is 0 Å². The Balaban J connectivity index is 1.16. The number of anilines is 3. The summed E-state index contributed by atoms with van der Waals surface area (Å²) in [7, 11) is 0. The fraction of sp³-hybridized carbons (Fsp3) is 0.294. The average molecular weight is 538 g/mol. The van der Waals surface area contributed by atoms with Gasteiger partial charge in [0.25, 0.3) is 0 Å². The smallest absolute Gasteiger partial charge is 0.183 e. The number of piperidine rings is 1. The number of hydrogen-bond acceptors (Lipinski definition) is 4. The molecule has 0 bridgehead atoms. The number of carbonyl (C=O) groups excluding carboxylic acids is 2. The van der Waals surface area contributed by atoms with E-state index in [2.05, 4.69) is 29.3 Å². The first-order valence-electron chi connectivity index (χ1n) is 14.1. The average Bonchev–Trinajstić information content (AvgIpc) is 3.45. The normalized spacial score (nSPS) is 13.8. The number of benzene rings is 3. The second-order valence-electron chi connectivity index (χ2n) is 10.7. The van der Waals surface area contributed by atoms with Gasteiger partial charge >= 0.3 is 0 Å². The molecular formula is C34H36FN3O2. The minimum Gasteiger partial charge on any atom is -0.372 e. The summed E-state index contributed by atoms with van der Waals surface area (Å²) in [6, 6.07) is 23.9. The predicted octanol–water partition coefficient (Wildman–Crippen LogP) is 7.48. The number of ketones is 2. The maximum atomic E-state index is 14.9. The minimum absolute atomic E-state index is 0.0373. The van der Waals surface area contributed by atoms with Crippen LogP contribution in [0.1, 0.15) is 58.7 Å². The van der Waals surface area contributed by atoms with Crippen molar-refractivity contribution in [3.63, 3.8) is 0 Å². The molecule has 0 radical (unpaired) electrons. The van der Waals surface area contributed by atoms with E-state index in [9.17, 15) is 14.0 Å². The highest BCUT2D eigenvalue weighted by Crippen LogP contribution is 2.25. The van der Waals surface area contributed by atoms with Crippen molar-refractivity contribution in [2.45, 2.75) is 46.1 Å². The Labute approximate surface area is 235 Å². The van der Waals surface area contributed by atoms with Crippen molar-refractivity contribution in [3.8, 4) is 0 Å². The molecule has 5 rings (SSSR count). The molecule has 1 N–H and O–H groups in total. The van der Waals surface area contributed by atoms with Gasteiger partial charge in [0.2, 0.25) is 0 Å².